The largest absolute Gasteiger partial charge is 0.466 e. The van der Waals surface area contributed by atoms with E-state index in [2.05, 4.69) is 0 Å². The van der Waals surface area contributed by atoms with Crippen LogP contribution in [0, 0.1) is 26.7 Å². The SMILES string of the molecule is CCOC(=O)C1CCN(C(=O)CN(c2cc(C)ccc2C)S(=O)(=O)c2ccc(C)cc2)CC1. The van der Waals surface area contributed by atoms with Gasteiger partial charge in [0.2, 0.25) is 5.91 Å². The highest BCUT2D eigenvalue weighted by molar-refractivity contribution is 7.92. The van der Waals surface area contributed by atoms with Crippen LogP contribution in [-0.2, 0) is 24.3 Å². The van der Waals surface area contributed by atoms with Crippen molar-refractivity contribution in [1.29, 1.82) is 0 Å². The van der Waals surface area contributed by atoms with Crippen molar-refractivity contribution in [3.05, 3.63) is 59.2 Å². The summed E-state index contributed by atoms with van der Waals surface area (Å²) in [5.74, 6) is -0.738. The van der Waals surface area contributed by atoms with Crippen molar-refractivity contribution in [2.75, 3.05) is 30.5 Å². The number of nitrogens with zero attached hydrogens (tertiary/aromatic N) is 2. The molecule has 0 aromatic heterocycles. The molecular weight excluding hydrogens is 440 g/mol. The Labute approximate surface area is 196 Å². The fourth-order valence-corrected chi connectivity index (χ4v) is 5.44. The van der Waals surface area contributed by atoms with E-state index in [1.807, 2.05) is 32.9 Å². The van der Waals surface area contributed by atoms with Crippen molar-refractivity contribution in [2.24, 2.45) is 5.92 Å². The monoisotopic (exact) mass is 472 g/mol. The lowest BCUT2D eigenvalue weighted by atomic mass is 9.97. The Kier molecular flexibility index (Phi) is 7.79. The van der Waals surface area contributed by atoms with Crippen molar-refractivity contribution in [3.8, 4) is 0 Å². The van der Waals surface area contributed by atoms with Crippen LogP contribution in [0.1, 0.15) is 36.5 Å². The fourth-order valence-electron chi connectivity index (χ4n) is 3.97. The topological polar surface area (TPSA) is 84.0 Å². The number of hydrogen-bond acceptors (Lipinski definition) is 5. The van der Waals surface area contributed by atoms with Gasteiger partial charge < -0.3 is 9.64 Å². The molecule has 1 amide bonds. The number of hydrogen-bond donors (Lipinski definition) is 0. The number of carbonyl (C=O) groups is 2. The summed E-state index contributed by atoms with van der Waals surface area (Å²) < 4.78 is 33.6. The number of anilines is 1. The fraction of sp³-hybridized carbons (Fsp3) is 0.440. The standard InChI is InChI=1S/C25H32N2O5S/c1-5-32-25(29)21-12-14-26(15-13-21)24(28)17-27(23-16-19(3)6-9-20(23)4)33(30,31)22-10-7-18(2)8-11-22/h6-11,16,21H,5,12-15,17H2,1-4H3. The lowest BCUT2D eigenvalue weighted by Gasteiger charge is -2.33. The molecule has 0 bridgehead atoms. The minimum Gasteiger partial charge on any atom is -0.466 e. The molecule has 0 unspecified atom stereocenters. The minimum atomic E-state index is -3.96. The van der Waals surface area contributed by atoms with Crippen LogP contribution in [-0.4, -0.2) is 51.4 Å². The average molecular weight is 473 g/mol. The Balaban J connectivity index is 1.86. The minimum absolute atomic E-state index is 0.142. The summed E-state index contributed by atoms with van der Waals surface area (Å²) in [4.78, 5) is 27.0. The molecular formula is C25H32N2O5S. The second-order valence-corrected chi connectivity index (χ2v) is 10.4. The number of rotatable bonds is 7. The van der Waals surface area contributed by atoms with Crippen LogP contribution in [0.4, 0.5) is 5.69 Å². The van der Waals surface area contributed by atoms with E-state index in [1.165, 1.54) is 4.31 Å². The molecule has 1 aliphatic heterocycles. The first kappa shape index (κ1) is 24.8. The zero-order valence-electron chi connectivity index (χ0n) is 19.7. The van der Waals surface area contributed by atoms with Crippen LogP contribution in [0.5, 0.6) is 0 Å². The Morgan fingerprint density at radius 3 is 2.21 bits per heavy atom. The predicted octanol–water partition coefficient (Wildman–Crippen LogP) is 3.61. The van der Waals surface area contributed by atoms with Crippen LogP contribution in [0.3, 0.4) is 0 Å². The van der Waals surface area contributed by atoms with Gasteiger partial charge in [0.25, 0.3) is 10.0 Å². The van der Waals surface area contributed by atoms with Crippen LogP contribution < -0.4 is 4.31 Å². The number of ether oxygens (including phenoxy) is 1. The molecule has 0 N–H and O–H groups in total. The molecule has 1 fully saturated rings. The van der Waals surface area contributed by atoms with E-state index in [-0.39, 0.29) is 29.2 Å². The molecule has 7 nitrogen and oxygen atoms in total. The van der Waals surface area contributed by atoms with E-state index in [0.717, 1.165) is 16.7 Å². The van der Waals surface area contributed by atoms with Gasteiger partial charge in [-0.2, -0.15) is 0 Å². The molecule has 0 atom stereocenters. The molecule has 3 rings (SSSR count). The normalized spacial score (nSPS) is 14.7. The smallest absolute Gasteiger partial charge is 0.309 e. The first-order valence-electron chi connectivity index (χ1n) is 11.2. The van der Waals surface area contributed by atoms with Gasteiger partial charge in [-0.15, -0.1) is 0 Å². The number of aryl methyl sites for hydroxylation is 3. The van der Waals surface area contributed by atoms with E-state index in [4.69, 9.17) is 4.74 Å². The number of likely N-dealkylation sites (tertiary alicyclic amines) is 1. The molecule has 1 saturated heterocycles. The molecule has 1 aliphatic rings. The maximum Gasteiger partial charge on any atom is 0.309 e. The Bertz CT molecular complexity index is 1100. The summed E-state index contributed by atoms with van der Waals surface area (Å²) >= 11 is 0. The van der Waals surface area contributed by atoms with E-state index < -0.39 is 10.0 Å². The molecule has 0 saturated carbocycles. The van der Waals surface area contributed by atoms with Gasteiger partial charge in [0.05, 0.1) is 23.1 Å². The summed E-state index contributed by atoms with van der Waals surface area (Å²) in [5, 5.41) is 0. The van der Waals surface area contributed by atoms with E-state index >= 15 is 0 Å². The zero-order valence-corrected chi connectivity index (χ0v) is 20.5. The zero-order chi connectivity index (χ0) is 24.2. The van der Waals surface area contributed by atoms with Gasteiger partial charge in [-0.1, -0.05) is 29.8 Å². The van der Waals surface area contributed by atoms with Gasteiger partial charge >= 0.3 is 5.97 Å². The van der Waals surface area contributed by atoms with Crippen LogP contribution in [0.2, 0.25) is 0 Å². The third-order valence-electron chi connectivity index (χ3n) is 5.99. The quantitative estimate of drug-likeness (QED) is 0.575. The Hall–Kier alpha value is -2.87. The number of sulfonamides is 1. The first-order valence-corrected chi connectivity index (χ1v) is 12.7. The van der Waals surface area contributed by atoms with E-state index in [0.29, 0.717) is 38.2 Å². The number of piperidine rings is 1. The van der Waals surface area contributed by atoms with Gasteiger partial charge in [-0.25, -0.2) is 8.42 Å². The van der Waals surface area contributed by atoms with Crippen LogP contribution >= 0.6 is 0 Å². The summed E-state index contributed by atoms with van der Waals surface area (Å²) in [6.07, 6.45) is 1.03. The molecule has 33 heavy (non-hydrogen) atoms. The van der Waals surface area contributed by atoms with Crippen molar-refractivity contribution in [1.82, 2.24) is 4.90 Å². The number of carbonyl (C=O) groups excluding carboxylic acids is 2. The molecule has 0 aliphatic carbocycles. The van der Waals surface area contributed by atoms with Crippen LogP contribution in [0.25, 0.3) is 0 Å². The van der Waals surface area contributed by atoms with Crippen LogP contribution in [0.15, 0.2) is 47.4 Å². The van der Waals surface area contributed by atoms with Gasteiger partial charge in [0.1, 0.15) is 6.54 Å². The molecule has 8 heteroatoms. The molecule has 0 spiro atoms. The van der Waals surface area contributed by atoms with Gasteiger partial charge in [-0.05, 0) is 69.9 Å². The third kappa shape index (κ3) is 5.74. The number of esters is 1. The highest BCUT2D eigenvalue weighted by Gasteiger charge is 2.33. The molecule has 2 aromatic carbocycles. The highest BCUT2D eigenvalue weighted by Crippen LogP contribution is 2.29. The first-order chi connectivity index (χ1) is 15.6. The average Bonchev–Trinajstić information content (AvgIpc) is 2.79. The van der Waals surface area contributed by atoms with Gasteiger partial charge in [-0.3, -0.25) is 13.9 Å². The van der Waals surface area contributed by atoms with Gasteiger partial charge in [0.15, 0.2) is 0 Å². The van der Waals surface area contributed by atoms with Crippen molar-refractivity contribution >= 4 is 27.6 Å². The summed E-state index contributed by atoms with van der Waals surface area (Å²) in [6, 6.07) is 12.2. The molecule has 2 aromatic rings. The summed E-state index contributed by atoms with van der Waals surface area (Å²) in [5.41, 5.74) is 3.12. The third-order valence-corrected chi connectivity index (χ3v) is 7.76. The summed E-state index contributed by atoms with van der Waals surface area (Å²) in [6.45, 7) is 8.21. The Morgan fingerprint density at radius 2 is 1.61 bits per heavy atom. The second-order valence-electron chi connectivity index (χ2n) is 8.52. The van der Waals surface area contributed by atoms with Crippen molar-refractivity contribution in [2.45, 2.75) is 45.4 Å². The summed E-state index contributed by atoms with van der Waals surface area (Å²) in [7, 11) is -3.96. The number of benzene rings is 2. The lowest BCUT2D eigenvalue weighted by Crippen LogP contribution is -2.47. The lowest BCUT2D eigenvalue weighted by molar-refractivity contribution is -0.151. The van der Waals surface area contributed by atoms with E-state index in [1.54, 1.807) is 42.2 Å². The Morgan fingerprint density at radius 1 is 1.00 bits per heavy atom. The van der Waals surface area contributed by atoms with Crippen molar-refractivity contribution in [3.63, 3.8) is 0 Å². The maximum absolute atomic E-state index is 13.6. The highest BCUT2D eigenvalue weighted by atomic mass is 32.2. The van der Waals surface area contributed by atoms with Gasteiger partial charge in [0, 0.05) is 13.1 Å². The molecule has 178 valence electrons. The van der Waals surface area contributed by atoms with Crippen molar-refractivity contribution < 1.29 is 22.7 Å². The molecule has 0 radical (unpaired) electrons. The second kappa shape index (κ2) is 10.4. The predicted molar refractivity (Wildman–Crippen MR) is 128 cm³/mol. The number of amides is 1. The molecule has 1 heterocycles. The van der Waals surface area contributed by atoms with E-state index in [9.17, 15) is 18.0 Å². The maximum atomic E-state index is 13.6.